The van der Waals surface area contributed by atoms with Crippen molar-refractivity contribution in [2.45, 2.75) is 12.5 Å². The lowest BCUT2D eigenvalue weighted by molar-refractivity contribution is -0.119. The lowest BCUT2D eigenvalue weighted by Gasteiger charge is -2.22. The molecule has 4 aromatic rings. The molecule has 190 valence electrons. The minimum absolute atomic E-state index is 0.0747. The maximum atomic E-state index is 13.5. The highest BCUT2D eigenvalue weighted by atomic mass is 35.5. The topological polar surface area (TPSA) is 134 Å². The number of ether oxygens (including phenoxy) is 1. The van der Waals surface area contributed by atoms with Gasteiger partial charge in [-0.1, -0.05) is 11.6 Å². The molecule has 1 amide bonds. The molecule has 1 unspecified atom stereocenters. The van der Waals surface area contributed by atoms with Gasteiger partial charge in [0, 0.05) is 46.7 Å². The maximum Gasteiger partial charge on any atom is 0.335 e. The number of carboxylic acid groups (broad SMARTS) is 1. The molecule has 0 bridgehead atoms. The number of benzene rings is 2. The van der Waals surface area contributed by atoms with E-state index in [0.717, 1.165) is 5.56 Å². The Balaban J connectivity index is 1.78. The number of anilines is 1. The van der Waals surface area contributed by atoms with E-state index in [0.29, 0.717) is 27.4 Å². The Morgan fingerprint density at radius 1 is 1.11 bits per heavy atom. The number of pyridine rings is 2. The molecule has 1 atom stereocenters. The van der Waals surface area contributed by atoms with Gasteiger partial charge in [0.2, 0.25) is 5.91 Å². The van der Waals surface area contributed by atoms with Crippen molar-refractivity contribution in [1.82, 2.24) is 9.55 Å². The van der Waals surface area contributed by atoms with E-state index < -0.39 is 23.5 Å². The van der Waals surface area contributed by atoms with Gasteiger partial charge >= 0.3 is 5.97 Å². The molecule has 0 radical (unpaired) electrons. The molecule has 2 heterocycles. The first-order chi connectivity index (χ1) is 18.3. The van der Waals surface area contributed by atoms with Crippen molar-refractivity contribution in [3.8, 4) is 22.9 Å². The first-order valence-corrected chi connectivity index (χ1v) is 11.7. The van der Waals surface area contributed by atoms with E-state index in [1.807, 2.05) is 0 Å². The standard InChI is InChI=1S/C28H21ClN4O5/c1-38-25-16-33(26(34)14-23(25)22-13-20(29)5-2-19(22)15-30)24(12-17-8-10-31-11-9-17)27(35)32-21-6-3-18(4-7-21)28(36)37/h2-11,13-14,16,24H,12H2,1H3,(H,32,35)(H,36,37). The molecular weight excluding hydrogens is 508 g/mol. The number of hydrogen-bond acceptors (Lipinski definition) is 6. The van der Waals surface area contributed by atoms with E-state index in [2.05, 4.69) is 16.4 Å². The number of aromatic nitrogens is 2. The van der Waals surface area contributed by atoms with Gasteiger partial charge in [-0.2, -0.15) is 5.26 Å². The molecule has 0 aliphatic rings. The van der Waals surface area contributed by atoms with Crippen molar-refractivity contribution in [3.05, 3.63) is 111 Å². The quantitative estimate of drug-likeness (QED) is 0.342. The number of carbonyl (C=O) groups is 2. The number of aromatic carboxylic acids is 1. The number of carbonyl (C=O) groups excluding carboxylic acids is 1. The van der Waals surface area contributed by atoms with Crippen LogP contribution in [0.2, 0.25) is 5.02 Å². The van der Waals surface area contributed by atoms with Crippen LogP contribution in [0.1, 0.15) is 27.5 Å². The van der Waals surface area contributed by atoms with Crippen molar-refractivity contribution >= 4 is 29.2 Å². The monoisotopic (exact) mass is 528 g/mol. The minimum Gasteiger partial charge on any atom is -0.495 e. The van der Waals surface area contributed by atoms with E-state index in [1.54, 1.807) is 42.7 Å². The third kappa shape index (κ3) is 5.72. The highest BCUT2D eigenvalue weighted by Crippen LogP contribution is 2.33. The van der Waals surface area contributed by atoms with Crippen LogP contribution in [-0.4, -0.2) is 33.6 Å². The van der Waals surface area contributed by atoms with Crippen molar-refractivity contribution in [2.75, 3.05) is 12.4 Å². The van der Waals surface area contributed by atoms with Crippen LogP contribution in [0.15, 0.2) is 84.0 Å². The third-order valence-corrected chi connectivity index (χ3v) is 6.11. The van der Waals surface area contributed by atoms with Crippen molar-refractivity contribution in [3.63, 3.8) is 0 Å². The van der Waals surface area contributed by atoms with Gasteiger partial charge in [-0.25, -0.2) is 4.79 Å². The summed E-state index contributed by atoms with van der Waals surface area (Å²) >= 11 is 6.15. The van der Waals surface area contributed by atoms with Crippen LogP contribution in [0.4, 0.5) is 5.69 Å². The molecule has 2 aromatic carbocycles. The Bertz CT molecular complexity index is 1590. The summed E-state index contributed by atoms with van der Waals surface area (Å²) in [5.74, 6) is -1.32. The van der Waals surface area contributed by atoms with Gasteiger partial charge in [-0.15, -0.1) is 0 Å². The number of amides is 1. The molecular formula is C28H21ClN4O5. The highest BCUT2D eigenvalue weighted by molar-refractivity contribution is 6.31. The van der Waals surface area contributed by atoms with Gasteiger partial charge in [-0.05, 0) is 60.2 Å². The zero-order valence-corrected chi connectivity index (χ0v) is 20.8. The molecule has 2 N–H and O–H groups in total. The van der Waals surface area contributed by atoms with Crippen LogP contribution in [0, 0.1) is 11.3 Å². The zero-order chi connectivity index (χ0) is 27.2. The lowest BCUT2D eigenvalue weighted by atomic mass is 10.00. The lowest BCUT2D eigenvalue weighted by Crippen LogP contribution is -2.34. The van der Waals surface area contributed by atoms with Crippen LogP contribution in [0.5, 0.6) is 5.75 Å². The number of nitriles is 1. The van der Waals surface area contributed by atoms with Gasteiger partial charge in [0.05, 0.1) is 30.5 Å². The predicted molar refractivity (Wildman–Crippen MR) is 141 cm³/mol. The van der Waals surface area contributed by atoms with E-state index in [9.17, 15) is 19.6 Å². The zero-order valence-electron chi connectivity index (χ0n) is 20.1. The van der Waals surface area contributed by atoms with Crippen molar-refractivity contribution in [1.29, 1.82) is 5.26 Å². The number of rotatable bonds is 8. The van der Waals surface area contributed by atoms with Crippen LogP contribution in [0.25, 0.3) is 11.1 Å². The number of nitrogens with one attached hydrogen (secondary N) is 1. The molecule has 0 aliphatic heterocycles. The molecule has 0 aliphatic carbocycles. The third-order valence-electron chi connectivity index (χ3n) is 5.87. The first-order valence-electron chi connectivity index (χ1n) is 11.3. The van der Waals surface area contributed by atoms with Gasteiger partial charge in [0.1, 0.15) is 11.8 Å². The molecule has 0 fully saturated rings. The van der Waals surface area contributed by atoms with Gasteiger partial charge in [-0.3, -0.25) is 19.1 Å². The number of halogens is 1. The Hall–Kier alpha value is -4.94. The minimum atomic E-state index is -1.09. The fraction of sp³-hybridized carbons (Fsp3) is 0.107. The second kappa shape index (κ2) is 11.4. The molecule has 4 rings (SSSR count). The Morgan fingerprint density at radius 2 is 1.82 bits per heavy atom. The summed E-state index contributed by atoms with van der Waals surface area (Å²) < 4.78 is 6.82. The van der Waals surface area contributed by atoms with Gasteiger partial charge < -0.3 is 15.2 Å². The smallest absolute Gasteiger partial charge is 0.335 e. The Morgan fingerprint density at radius 3 is 2.45 bits per heavy atom. The van der Waals surface area contributed by atoms with Crippen LogP contribution in [0.3, 0.4) is 0 Å². The second-order valence-corrected chi connectivity index (χ2v) is 8.69. The van der Waals surface area contributed by atoms with Crippen LogP contribution < -0.4 is 15.6 Å². The molecule has 0 saturated heterocycles. The number of carboxylic acids is 1. The number of hydrogen-bond donors (Lipinski definition) is 2. The summed E-state index contributed by atoms with van der Waals surface area (Å²) in [6, 6.07) is 16.3. The molecule has 10 heteroatoms. The summed E-state index contributed by atoms with van der Waals surface area (Å²) in [5, 5.41) is 21.8. The summed E-state index contributed by atoms with van der Waals surface area (Å²) in [7, 11) is 1.42. The summed E-state index contributed by atoms with van der Waals surface area (Å²) in [6.07, 6.45) is 4.76. The first kappa shape index (κ1) is 26.1. The second-order valence-electron chi connectivity index (χ2n) is 8.25. The summed E-state index contributed by atoms with van der Waals surface area (Å²) in [6.45, 7) is 0. The Labute approximate surface area is 222 Å². The number of methoxy groups -OCH3 is 1. The summed E-state index contributed by atoms with van der Waals surface area (Å²) in [5.41, 5.74) is 1.80. The maximum absolute atomic E-state index is 13.5. The predicted octanol–water partition coefficient (Wildman–Crippen LogP) is 4.56. The van der Waals surface area contributed by atoms with Crippen molar-refractivity contribution < 1.29 is 19.4 Å². The molecule has 2 aromatic heterocycles. The van der Waals surface area contributed by atoms with E-state index in [4.69, 9.17) is 21.4 Å². The molecule has 38 heavy (non-hydrogen) atoms. The van der Waals surface area contributed by atoms with Gasteiger partial charge in [0.25, 0.3) is 5.56 Å². The van der Waals surface area contributed by atoms with Crippen LogP contribution >= 0.6 is 11.6 Å². The van der Waals surface area contributed by atoms with E-state index in [-0.39, 0.29) is 17.7 Å². The van der Waals surface area contributed by atoms with Crippen molar-refractivity contribution in [2.24, 2.45) is 0 Å². The molecule has 0 spiro atoms. The largest absolute Gasteiger partial charge is 0.495 e. The normalized spacial score (nSPS) is 11.3. The average Bonchev–Trinajstić information content (AvgIpc) is 2.92. The fourth-order valence-electron chi connectivity index (χ4n) is 3.96. The summed E-state index contributed by atoms with van der Waals surface area (Å²) in [4.78, 5) is 42.0. The fourth-order valence-corrected chi connectivity index (χ4v) is 4.14. The van der Waals surface area contributed by atoms with Gasteiger partial charge in [0.15, 0.2) is 0 Å². The SMILES string of the molecule is COc1cn(C(Cc2ccncc2)C(=O)Nc2ccc(C(=O)O)cc2)c(=O)cc1-c1cc(Cl)ccc1C#N. The highest BCUT2D eigenvalue weighted by Gasteiger charge is 2.25. The van der Waals surface area contributed by atoms with E-state index >= 15 is 0 Å². The average molecular weight is 529 g/mol. The van der Waals surface area contributed by atoms with E-state index in [1.165, 1.54) is 48.2 Å². The van der Waals surface area contributed by atoms with Crippen LogP contribution in [-0.2, 0) is 11.2 Å². The molecule has 0 saturated carbocycles. The molecule has 9 nitrogen and oxygen atoms in total. The Kier molecular flexibility index (Phi) is 7.85. The number of nitrogens with zero attached hydrogens (tertiary/aromatic N) is 3.